The SMILES string of the molecule is COCCN(CCBr)Cc1cccc(F)c1Cl. The van der Waals surface area contributed by atoms with Crippen LogP contribution < -0.4 is 0 Å². The van der Waals surface area contributed by atoms with E-state index in [2.05, 4.69) is 20.8 Å². The summed E-state index contributed by atoms with van der Waals surface area (Å²) in [5.41, 5.74) is 0.809. The summed E-state index contributed by atoms with van der Waals surface area (Å²) < 4.78 is 18.3. The first-order valence-electron chi connectivity index (χ1n) is 5.39. The molecule has 0 heterocycles. The number of alkyl halides is 1. The molecule has 1 rings (SSSR count). The van der Waals surface area contributed by atoms with Crippen LogP contribution in [0.1, 0.15) is 5.56 Å². The molecule has 0 unspecified atom stereocenters. The highest BCUT2D eigenvalue weighted by atomic mass is 79.9. The van der Waals surface area contributed by atoms with Gasteiger partial charge in [0.2, 0.25) is 0 Å². The third-order valence-electron chi connectivity index (χ3n) is 2.44. The van der Waals surface area contributed by atoms with E-state index in [1.54, 1.807) is 13.2 Å². The third kappa shape index (κ3) is 4.92. The number of nitrogens with zero attached hydrogens (tertiary/aromatic N) is 1. The van der Waals surface area contributed by atoms with Crippen molar-refractivity contribution < 1.29 is 9.13 Å². The van der Waals surface area contributed by atoms with E-state index in [0.717, 1.165) is 24.0 Å². The minimum absolute atomic E-state index is 0.212. The molecular weight excluding hydrogens is 308 g/mol. The highest BCUT2D eigenvalue weighted by Gasteiger charge is 2.10. The number of hydrogen-bond acceptors (Lipinski definition) is 2. The zero-order valence-electron chi connectivity index (χ0n) is 9.76. The molecule has 2 nitrogen and oxygen atoms in total. The second-order valence-corrected chi connectivity index (χ2v) is 4.84. The van der Waals surface area contributed by atoms with Crippen molar-refractivity contribution in [1.82, 2.24) is 4.90 Å². The number of hydrogen-bond donors (Lipinski definition) is 0. The molecule has 1 aromatic carbocycles. The van der Waals surface area contributed by atoms with E-state index in [-0.39, 0.29) is 10.8 Å². The first-order chi connectivity index (χ1) is 8.19. The summed E-state index contributed by atoms with van der Waals surface area (Å²) in [6.45, 7) is 2.95. The van der Waals surface area contributed by atoms with Crippen LogP contribution in [0.15, 0.2) is 18.2 Å². The van der Waals surface area contributed by atoms with E-state index in [4.69, 9.17) is 16.3 Å². The van der Waals surface area contributed by atoms with E-state index < -0.39 is 0 Å². The normalized spacial score (nSPS) is 11.1. The second kappa shape index (κ2) is 8.03. The maximum atomic E-state index is 13.3. The summed E-state index contributed by atoms with van der Waals surface area (Å²) in [5, 5.41) is 1.08. The Morgan fingerprint density at radius 3 is 2.82 bits per heavy atom. The van der Waals surface area contributed by atoms with Gasteiger partial charge in [-0.05, 0) is 11.6 Å². The smallest absolute Gasteiger partial charge is 0.142 e. The monoisotopic (exact) mass is 323 g/mol. The number of halogens is 3. The zero-order valence-corrected chi connectivity index (χ0v) is 12.1. The highest BCUT2D eigenvalue weighted by Crippen LogP contribution is 2.21. The van der Waals surface area contributed by atoms with Gasteiger partial charge >= 0.3 is 0 Å². The van der Waals surface area contributed by atoms with Crippen LogP contribution in [0.2, 0.25) is 5.02 Å². The van der Waals surface area contributed by atoms with Gasteiger partial charge < -0.3 is 4.74 Å². The van der Waals surface area contributed by atoms with Crippen LogP contribution in [0, 0.1) is 5.82 Å². The lowest BCUT2D eigenvalue weighted by Crippen LogP contribution is -2.29. The van der Waals surface area contributed by atoms with Gasteiger partial charge in [0.1, 0.15) is 5.82 Å². The molecule has 0 aliphatic heterocycles. The molecule has 0 bridgehead atoms. The number of ether oxygens (including phenoxy) is 1. The maximum Gasteiger partial charge on any atom is 0.142 e. The Morgan fingerprint density at radius 1 is 1.41 bits per heavy atom. The van der Waals surface area contributed by atoms with Crippen molar-refractivity contribution in [2.24, 2.45) is 0 Å². The second-order valence-electron chi connectivity index (χ2n) is 3.67. The minimum atomic E-state index is -0.366. The first-order valence-corrected chi connectivity index (χ1v) is 6.89. The maximum absolute atomic E-state index is 13.3. The van der Waals surface area contributed by atoms with Crippen molar-refractivity contribution in [2.75, 3.05) is 32.1 Å². The molecule has 0 atom stereocenters. The van der Waals surface area contributed by atoms with Gasteiger partial charge in [-0.2, -0.15) is 0 Å². The summed E-state index contributed by atoms with van der Waals surface area (Å²) in [6.07, 6.45) is 0. The predicted molar refractivity (Wildman–Crippen MR) is 72.4 cm³/mol. The Balaban J connectivity index is 2.67. The molecule has 0 fully saturated rings. The van der Waals surface area contributed by atoms with Crippen LogP contribution in [-0.4, -0.2) is 37.0 Å². The van der Waals surface area contributed by atoms with Crippen molar-refractivity contribution in [3.05, 3.63) is 34.6 Å². The molecule has 0 saturated carbocycles. The van der Waals surface area contributed by atoms with Crippen LogP contribution >= 0.6 is 27.5 Å². The molecule has 0 aliphatic rings. The van der Waals surface area contributed by atoms with Crippen molar-refractivity contribution in [3.63, 3.8) is 0 Å². The van der Waals surface area contributed by atoms with Gasteiger partial charge in [0.25, 0.3) is 0 Å². The van der Waals surface area contributed by atoms with E-state index in [1.807, 2.05) is 6.07 Å². The Labute approximate surface area is 115 Å². The lowest BCUT2D eigenvalue weighted by molar-refractivity contribution is 0.148. The number of rotatable bonds is 7. The van der Waals surface area contributed by atoms with Gasteiger partial charge in [0, 0.05) is 32.1 Å². The van der Waals surface area contributed by atoms with Crippen molar-refractivity contribution in [3.8, 4) is 0 Å². The fraction of sp³-hybridized carbons (Fsp3) is 0.500. The lowest BCUT2D eigenvalue weighted by atomic mass is 10.2. The molecule has 0 amide bonds. The number of benzene rings is 1. The van der Waals surface area contributed by atoms with Gasteiger partial charge in [0.15, 0.2) is 0 Å². The summed E-state index contributed by atoms with van der Waals surface area (Å²) in [6, 6.07) is 4.90. The molecule has 0 aliphatic carbocycles. The number of methoxy groups -OCH3 is 1. The quantitative estimate of drug-likeness (QED) is 0.713. The fourth-order valence-electron chi connectivity index (χ4n) is 1.52. The molecular formula is C12H16BrClFNO. The molecule has 0 spiro atoms. The molecule has 0 radical (unpaired) electrons. The first kappa shape index (κ1) is 14.9. The van der Waals surface area contributed by atoms with Gasteiger partial charge in [0.05, 0.1) is 11.6 Å². The largest absolute Gasteiger partial charge is 0.383 e. The van der Waals surface area contributed by atoms with Gasteiger partial charge in [-0.25, -0.2) is 4.39 Å². The van der Waals surface area contributed by atoms with Crippen molar-refractivity contribution in [1.29, 1.82) is 0 Å². The predicted octanol–water partition coefficient (Wildman–Crippen LogP) is 3.32. The molecule has 96 valence electrons. The van der Waals surface area contributed by atoms with Crippen molar-refractivity contribution in [2.45, 2.75) is 6.54 Å². The Morgan fingerprint density at radius 2 is 2.18 bits per heavy atom. The van der Waals surface area contributed by atoms with Crippen LogP contribution in [-0.2, 0) is 11.3 Å². The van der Waals surface area contributed by atoms with Crippen LogP contribution in [0.5, 0.6) is 0 Å². The van der Waals surface area contributed by atoms with E-state index >= 15 is 0 Å². The van der Waals surface area contributed by atoms with Crippen LogP contribution in [0.4, 0.5) is 4.39 Å². The van der Waals surface area contributed by atoms with Crippen LogP contribution in [0.3, 0.4) is 0 Å². The average molecular weight is 325 g/mol. The third-order valence-corrected chi connectivity index (χ3v) is 3.22. The van der Waals surface area contributed by atoms with Gasteiger partial charge in [-0.15, -0.1) is 0 Å². The molecule has 0 aromatic heterocycles. The van der Waals surface area contributed by atoms with E-state index in [9.17, 15) is 4.39 Å². The summed E-state index contributed by atoms with van der Waals surface area (Å²) in [7, 11) is 1.67. The minimum Gasteiger partial charge on any atom is -0.383 e. The molecule has 1 aromatic rings. The molecule has 5 heteroatoms. The van der Waals surface area contributed by atoms with Crippen molar-refractivity contribution >= 4 is 27.5 Å². The average Bonchev–Trinajstić information content (AvgIpc) is 2.32. The molecule has 0 saturated heterocycles. The Bertz CT molecular complexity index is 351. The lowest BCUT2D eigenvalue weighted by Gasteiger charge is -2.21. The molecule has 0 N–H and O–H groups in total. The van der Waals surface area contributed by atoms with E-state index in [1.165, 1.54) is 6.07 Å². The molecule has 17 heavy (non-hydrogen) atoms. The van der Waals surface area contributed by atoms with Gasteiger partial charge in [-0.3, -0.25) is 4.90 Å². The Kier molecular flexibility index (Phi) is 7.04. The van der Waals surface area contributed by atoms with Gasteiger partial charge in [-0.1, -0.05) is 39.7 Å². The van der Waals surface area contributed by atoms with Crippen LogP contribution in [0.25, 0.3) is 0 Å². The highest BCUT2D eigenvalue weighted by molar-refractivity contribution is 9.09. The summed E-state index contributed by atoms with van der Waals surface area (Å²) >= 11 is 9.33. The Hall–Kier alpha value is -0.160. The standard InChI is InChI=1S/C12H16BrClFNO/c1-17-8-7-16(6-5-13)9-10-3-2-4-11(15)12(10)14/h2-4H,5-9H2,1H3. The zero-order chi connectivity index (χ0) is 12.7. The van der Waals surface area contributed by atoms with E-state index in [0.29, 0.717) is 13.2 Å². The summed E-state index contributed by atoms with van der Waals surface area (Å²) in [5.74, 6) is -0.366. The topological polar surface area (TPSA) is 12.5 Å². The fourth-order valence-corrected chi connectivity index (χ4v) is 2.21. The summed E-state index contributed by atoms with van der Waals surface area (Å²) in [4.78, 5) is 2.17.